The SMILES string of the molecule is Nc1nc(NC2CCCC2)sc1C(=O)c1nc2ccccc2s1. The lowest BCUT2D eigenvalue weighted by molar-refractivity contribution is 0.104. The summed E-state index contributed by atoms with van der Waals surface area (Å²) in [4.78, 5) is 21.9. The van der Waals surface area contributed by atoms with Crippen LogP contribution in [0.4, 0.5) is 10.9 Å². The first-order valence-corrected chi connectivity index (χ1v) is 9.27. The van der Waals surface area contributed by atoms with E-state index in [9.17, 15) is 4.79 Å². The number of carbonyl (C=O) groups is 1. The molecular formula is C16H16N4OS2. The molecule has 7 heteroatoms. The number of hydrogen-bond acceptors (Lipinski definition) is 7. The molecule has 23 heavy (non-hydrogen) atoms. The van der Waals surface area contributed by atoms with Crippen LogP contribution in [0.15, 0.2) is 24.3 Å². The Morgan fingerprint density at radius 3 is 2.74 bits per heavy atom. The van der Waals surface area contributed by atoms with Gasteiger partial charge in [0.2, 0.25) is 5.78 Å². The summed E-state index contributed by atoms with van der Waals surface area (Å²) in [6.45, 7) is 0. The summed E-state index contributed by atoms with van der Waals surface area (Å²) in [6, 6.07) is 8.19. The van der Waals surface area contributed by atoms with Crippen LogP contribution in [-0.4, -0.2) is 21.8 Å². The molecule has 0 atom stereocenters. The molecule has 1 aliphatic rings. The van der Waals surface area contributed by atoms with Crippen LogP contribution < -0.4 is 11.1 Å². The van der Waals surface area contributed by atoms with Crippen LogP contribution >= 0.6 is 22.7 Å². The number of fused-ring (bicyclic) bond motifs is 1. The van der Waals surface area contributed by atoms with Gasteiger partial charge >= 0.3 is 0 Å². The van der Waals surface area contributed by atoms with Gasteiger partial charge in [0, 0.05) is 6.04 Å². The second kappa shape index (κ2) is 5.90. The van der Waals surface area contributed by atoms with Crippen molar-refractivity contribution in [1.29, 1.82) is 0 Å². The Kier molecular flexibility index (Phi) is 3.74. The van der Waals surface area contributed by atoms with Gasteiger partial charge in [0.1, 0.15) is 10.7 Å². The summed E-state index contributed by atoms with van der Waals surface area (Å²) in [7, 11) is 0. The zero-order valence-corrected chi connectivity index (χ0v) is 14.0. The van der Waals surface area contributed by atoms with Gasteiger partial charge < -0.3 is 11.1 Å². The lowest BCUT2D eigenvalue weighted by atomic mass is 10.3. The molecule has 2 heterocycles. The Balaban J connectivity index is 1.61. The van der Waals surface area contributed by atoms with E-state index in [2.05, 4.69) is 15.3 Å². The zero-order valence-electron chi connectivity index (χ0n) is 12.4. The molecule has 1 saturated carbocycles. The van der Waals surface area contributed by atoms with Gasteiger partial charge in [-0.2, -0.15) is 0 Å². The highest BCUT2D eigenvalue weighted by atomic mass is 32.1. The summed E-state index contributed by atoms with van der Waals surface area (Å²) in [5, 5.41) is 4.59. The highest BCUT2D eigenvalue weighted by molar-refractivity contribution is 7.22. The molecule has 3 aromatic rings. The molecule has 4 rings (SSSR count). The first-order valence-electron chi connectivity index (χ1n) is 7.64. The smallest absolute Gasteiger partial charge is 0.235 e. The van der Waals surface area contributed by atoms with E-state index in [1.165, 1.54) is 35.5 Å². The minimum atomic E-state index is -0.138. The van der Waals surface area contributed by atoms with Gasteiger partial charge in [-0.05, 0) is 25.0 Å². The molecule has 3 N–H and O–H groups in total. The van der Waals surface area contributed by atoms with E-state index in [4.69, 9.17) is 5.73 Å². The zero-order chi connectivity index (χ0) is 15.8. The van der Waals surface area contributed by atoms with Gasteiger partial charge in [-0.3, -0.25) is 4.79 Å². The molecular weight excluding hydrogens is 328 g/mol. The molecule has 0 unspecified atom stereocenters. The normalized spacial score (nSPS) is 15.3. The monoisotopic (exact) mass is 344 g/mol. The van der Waals surface area contributed by atoms with Gasteiger partial charge in [0.05, 0.1) is 10.2 Å². The maximum Gasteiger partial charge on any atom is 0.235 e. The van der Waals surface area contributed by atoms with Gasteiger partial charge in [0.15, 0.2) is 10.1 Å². The van der Waals surface area contributed by atoms with Crippen molar-refractivity contribution < 1.29 is 4.79 Å². The number of anilines is 2. The summed E-state index contributed by atoms with van der Waals surface area (Å²) < 4.78 is 1.00. The van der Waals surface area contributed by atoms with Crippen molar-refractivity contribution in [3.05, 3.63) is 34.2 Å². The number of carbonyl (C=O) groups excluding carboxylic acids is 1. The van der Waals surface area contributed by atoms with E-state index in [1.807, 2.05) is 24.3 Å². The molecule has 0 aliphatic heterocycles. The summed E-state index contributed by atoms with van der Waals surface area (Å²) in [6.07, 6.45) is 4.80. The predicted octanol–water partition coefficient (Wildman–Crippen LogP) is 3.92. The van der Waals surface area contributed by atoms with Crippen molar-refractivity contribution in [3.63, 3.8) is 0 Å². The molecule has 0 bridgehead atoms. The number of nitrogens with zero attached hydrogens (tertiary/aromatic N) is 2. The third-order valence-corrected chi connectivity index (χ3v) is 6.07. The topological polar surface area (TPSA) is 80.9 Å². The number of para-hydroxylation sites is 1. The van der Waals surface area contributed by atoms with Crippen LogP contribution in [0.5, 0.6) is 0 Å². The van der Waals surface area contributed by atoms with E-state index >= 15 is 0 Å². The van der Waals surface area contributed by atoms with E-state index in [-0.39, 0.29) is 5.78 Å². The maximum absolute atomic E-state index is 12.7. The molecule has 2 aromatic heterocycles. The fourth-order valence-electron chi connectivity index (χ4n) is 2.87. The van der Waals surface area contributed by atoms with Crippen molar-refractivity contribution in [2.45, 2.75) is 31.7 Å². The third-order valence-electron chi connectivity index (χ3n) is 4.03. The third kappa shape index (κ3) is 2.82. The van der Waals surface area contributed by atoms with Crippen molar-refractivity contribution in [2.24, 2.45) is 0 Å². The molecule has 1 aliphatic carbocycles. The van der Waals surface area contributed by atoms with Gasteiger partial charge in [0.25, 0.3) is 0 Å². The molecule has 0 radical (unpaired) electrons. The van der Waals surface area contributed by atoms with E-state index in [1.54, 1.807) is 0 Å². The lowest BCUT2D eigenvalue weighted by Crippen LogP contribution is -2.14. The van der Waals surface area contributed by atoms with Crippen molar-refractivity contribution in [1.82, 2.24) is 9.97 Å². The van der Waals surface area contributed by atoms with Crippen LogP contribution in [0.25, 0.3) is 10.2 Å². The second-order valence-electron chi connectivity index (χ2n) is 5.67. The average molecular weight is 344 g/mol. The molecule has 0 saturated heterocycles. The quantitative estimate of drug-likeness (QED) is 0.701. The summed E-state index contributed by atoms with van der Waals surface area (Å²) >= 11 is 2.72. The van der Waals surface area contributed by atoms with Gasteiger partial charge in [-0.25, -0.2) is 9.97 Å². The number of hydrogen-bond donors (Lipinski definition) is 2. The van der Waals surface area contributed by atoms with Crippen LogP contribution in [-0.2, 0) is 0 Å². The minimum Gasteiger partial charge on any atom is -0.382 e. The van der Waals surface area contributed by atoms with E-state index in [0.717, 1.165) is 28.2 Å². The number of nitrogens with one attached hydrogen (secondary N) is 1. The summed E-state index contributed by atoms with van der Waals surface area (Å²) in [5.74, 6) is 0.153. The molecule has 1 aromatic carbocycles. The molecule has 0 spiro atoms. The molecule has 118 valence electrons. The number of nitrogen functional groups attached to an aromatic ring is 1. The fraction of sp³-hybridized carbons (Fsp3) is 0.312. The van der Waals surface area contributed by atoms with Gasteiger partial charge in [-0.1, -0.05) is 36.3 Å². The van der Waals surface area contributed by atoms with Crippen LogP contribution in [0.3, 0.4) is 0 Å². The van der Waals surface area contributed by atoms with Crippen LogP contribution in [0.2, 0.25) is 0 Å². The Morgan fingerprint density at radius 1 is 1.17 bits per heavy atom. The van der Waals surface area contributed by atoms with Crippen molar-refractivity contribution >= 4 is 49.6 Å². The Bertz CT molecular complexity index is 831. The average Bonchev–Trinajstić information content (AvgIpc) is 3.26. The summed E-state index contributed by atoms with van der Waals surface area (Å²) in [5.41, 5.74) is 6.80. The Labute approximate surface area is 141 Å². The number of nitrogens with two attached hydrogens (primary N) is 1. The number of thiazole rings is 2. The molecule has 0 amide bonds. The largest absolute Gasteiger partial charge is 0.382 e. The minimum absolute atomic E-state index is 0.138. The van der Waals surface area contributed by atoms with Gasteiger partial charge in [-0.15, -0.1) is 11.3 Å². The second-order valence-corrected chi connectivity index (χ2v) is 7.70. The van der Waals surface area contributed by atoms with Crippen LogP contribution in [0.1, 0.15) is 40.4 Å². The first kappa shape index (κ1) is 14.6. The standard InChI is InChI=1S/C16H16N4OS2/c17-14-13(23-16(20-14)18-9-5-1-2-6-9)12(21)15-19-10-7-3-4-8-11(10)22-15/h3-4,7-9H,1-2,5-6,17H2,(H,18,20). The molecule has 1 fully saturated rings. The highest BCUT2D eigenvalue weighted by Crippen LogP contribution is 2.32. The maximum atomic E-state index is 12.7. The van der Waals surface area contributed by atoms with E-state index in [0.29, 0.717) is 21.7 Å². The molecule has 5 nitrogen and oxygen atoms in total. The number of ketones is 1. The Hall–Kier alpha value is -1.99. The van der Waals surface area contributed by atoms with Crippen molar-refractivity contribution in [2.75, 3.05) is 11.1 Å². The number of rotatable bonds is 4. The Morgan fingerprint density at radius 2 is 1.96 bits per heavy atom. The van der Waals surface area contributed by atoms with Crippen molar-refractivity contribution in [3.8, 4) is 0 Å². The fourth-order valence-corrected chi connectivity index (χ4v) is 4.75. The predicted molar refractivity (Wildman–Crippen MR) is 95.5 cm³/mol. The van der Waals surface area contributed by atoms with Crippen LogP contribution in [0, 0.1) is 0 Å². The number of aromatic nitrogens is 2. The highest BCUT2D eigenvalue weighted by Gasteiger charge is 2.23. The first-order chi connectivity index (χ1) is 11.2. The lowest BCUT2D eigenvalue weighted by Gasteiger charge is -2.09. The number of benzene rings is 1. The van der Waals surface area contributed by atoms with E-state index < -0.39 is 0 Å².